The van der Waals surface area contributed by atoms with Gasteiger partial charge in [0.15, 0.2) is 11.5 Å². The molecule has 0 bridgehead atoms. The number of hydrogen-bond acceptors (Lipinski definition) is 8. The summed E-state index contributed by atoms with van der Waals surface area (Å²) in [7, 11) is 1.47. The molecule has 0 unspecified atom stereocenters. The fraction of sp³-hybridized carbons (Fsp3) is 0.130. The number of nitro groups is 2. The molecule has 35 heavy (non-hydrogen) atoms. The lowest BCUT2D eigenvalue weighted by Crippen LogP contribution is -2.20. The number of halogens is 1. The third kappa shape index (κ3) is 6.84. The third-order valence-corrected chi connectivity index (χ3v) is 5.44. The molecule has 3 aromatic carbocycles. The lowest BCUT2D eigenvalue weighted by molar-refractivity contribution is -0.385. The van der Waals surface area contributed by atoms with Crippen LogP contribution in [0.15, 0.2) is 70.2 Å². The molecule has 0 heterocycles. The first-order valence-electron chi connectivity index (χ1n) is 10.1. The van der Waals surface area contributed by atoms with Crippen LogP contribution in [-0.2, 0) is 17.8 Å². The van der Waals surface area contributed by atoms with E-state index in [9.17, 15) is 25.0 Å². The summed E-state index contributed by atoms with van der Waals surface area (Å²) >= 11 is 3.42. The van der Waals surface area contributed by atoms with Crippen LogP contribution in [0.1, 0.15) is 16.7 Å². The van der Waals surface area contributed by atoms with Crippen LogP contribution in [0, 0.1) is 20.2 Å². The Morgan fingerprint density at radius 3 is 2.43 bits per heavy atom. The molecular formula is C23H19BrN4O7. The maximum absolute atomic E-state index is 12.2. The molecule has 0 radical (unpaired) electrons. The number of para-hydroxylation sites is 1. The Balaban J connectivity index is 1.64. The highest BCUT2D eigenvalue weighted by Crippen LogP contribution is 2.33. The number of benzene rings is 3. The standard InChI is InChI=1S/C23H19BrN4O7/c1-34-21-10-17(13-25-26-23(29)11-16-4-2-3-5-20(16)28(32)33)19(24)12-22(21)35-14-15-6-8-18(9-7-15)27(30)31/h2-10,12-13H,11,14H2,1H3,(H,26,29)/b25-13+. The van der Waals surface area contributed by atoms with E-state index in [0.29, 0.717) is 21.5 Å². The van der Waals surface area contributed by atoms with Crippen LogP contribution in [0.5, 0.6) is 11.5 Å². The minimum absolute atomic E-state index is 0.00759. The van der Waals surface area contributed by atoms with Crippen molar-refractivity contribution in [3.8, 4) is 11.5 Å². The summed E-state index contributed by atoms with van der Waals surface area (Å²) in [5, 5.41) is 25.8. The SMILES string of the molecule is COc1cc(/C=N/NC(=O)Cc2ccccc2[N+](=O)[O-])c(Br)cc1OCc1ccc([N+](=O)[O-])cc1. The van der Waals surface area contributed by atoms with Crippen molar-refractivity contribution in [2.75, 3.05) is 7.11 Å². The van der Waals surface area contributed by atoms with Gasteiger partial charge in [0.1, 0.15) is 6.61 Å². The molecule has 0 aliphatic carbocycles. The minimum Gasteiger partial charge on any atom is -0.493 e. The zero-order valence-electron chi connectivity index (χ0n) is 18.3. The first-order valence-corrected chi connectivity index (χ1v) is 10.9. The maximum atomic E-state index is 12.2. The first kappa shape index (κ1) is 25.3. The van der Waals surface area contributed by atoms with Gasteiger partial charge in [-0.2, -0.15) is 5.10 Å². The fourth-order valence-electron chi connectivity index (χ4n) is 3.02. The van der Waals surface area contributed by atoms with Crippen LogP contribution in [0.3, 0.4) is 0 Å². The number of rotatable bonds is 10. The lowest BCUT2D eigenvalue weighted by atomic mass is 10.1. The van der Waals surface area contributed by atoms with Crippen molar-refractivity contribution in [1.82, 2.24) is 5.43 Å². The number of hydrazone groups is 1. The monoisotopic (exact) mass is 542 g/mol. The first-order chi connectivity index (χ1) is 16.8. The maximum Gasteiger partial charge on any atom is 0.273 e. The molecule has 0 atom stereocenters. The van der Waals surface area contributed by atoms with Crippen LogP contribution in [-0.4, -0.2) is 29.1 Å². The molecule has 1 amide bonds. The number of carbonyl (C=O) groups is 1. The number of nitro benzene ring substituents is 2. The Kier molecular flexibility index (Phi) is 8.46. The molecule has 0 spiro atoms. The Bertz CT molecular complexity index is 1280. The predicted octanol–water partition coefficient (Wildman–Crippen LogP) is 4.55. The van der Waals surface area contributed by atoms with Crippen LogP contribution >= 0.6 is 15.9 Å². The van der Waals surface area contributed by atoms with Gasteiger partial charge in [0, 0.05) is 33.8 Å². The Morgan fingerprint density at radius 2 is 1.77 bits per heavy atom. The van der Waals surface area contributed by atoms with E-state index in [-0.39, 0.29) is 30.0 Å². The van der Waals surface area contributed by atoms with Gasteiger partial charge in [-0.3, -0.25) is 25.0 Å². The normalized spacial score (nSPS) is 10.7. The van der Waals surface area contributed by atoms with Gasteiger partial charge in [0.05, 0.1) is 29.6 Å². The smallest absolute Gasteiger partial charge is 0.273 e. The van der Waals surface area contributed by atoms with E-state index in [1.807, 2.05) is 0 Å². The largest absolute Gasteiger partial charge is 0.493 e. The van der Waals surface area contributed by atoms with E-state index in [1.54, 1.807) is 30.3 Å². The summed E-state index contributed by atoms with van der Waals surface area (Å²) in [6.45, 7) is 0.163. The summed E-state index contributed by atoms with van der Waals surface area (Å²) < 4.78 is 11.8. The summed E-state index contributed by atoms with van der Waals surface area (Å²) in [6.07, 6.45) is 1.19. The van der Waals surface area contributed by atoms with Gasteiger partial charge in [-0.1, -0.05) is 18.2 Å². The Morgan fingerprint density at radius 1 is 1.06 bits per heavy atom. The molecular weight excluding hydrogens is 524 g/mol. The zero-order chi connectivity index (χ0) is 25.4. The highest BCUT2D eigenvalue weighted by Gasteiger charge is 2.15. The number of carbonyl (C=O) groups excluding carboxylic acids is 1. The average molecular weight is 543 g/mol. The van der Waals surface area contributed by atoms with Gasteiger partial charge in [-0.15, -0.1) is 0 Å². The molecule has 0 aliphatic heterocycles. The van der Waals surface area contributed by atoms with Crippen LogP contribution < -0.4 is 14.9 Å². The molecule has 11 nitrogen and oxygen atoms in total. The van der Waals surface area contributed by atoms with Gasteiger partial charge in [0.2, 0.25) is 5.91 Å². The van der Waals surface area contributed by atoms with Gasteiger partial charge in [0.25, 0.3) is 11.4 Å². The zero-order valence-corrected chi connectivity index (χ0v) is 19.9. The number of nitrogens with zero attached hydrogens (tertiary/aromatic N) is 3. The molecule has 0 saturated carbocycles. The predicted molar refractivity (Wildman–Crippen MR) is 131 cm³/mol. The molecule has 0 saturated heterocycles. The number of amides is 1. The van der Waals surface area contributed by atoms with Crippen molar-refractivity contribution < 1.29 is 24.1 Å². The van der Waals surface area contributed by atoms with Crippen LogP contribution in [0.2, 0.25) is 0 Å². The molecule has 0 aromatic heterocycles. The highest BCUT2D eigenvalue weighted by molar-refractivity contribution is 9.10. The number of ether oxygens (including phenoxy) is 2. The molecule has 0 aliphatic rings. The second kappa shape index (κ2) is 11.7. The number of nitrogens with one attached hydrogen (secondary N) is 1. The van der Waals surface area contributed by atoms with Crippen molar-refractivity contribution in [3.05, 3.63) is 102 Å². The second-order valence-electron chi connectivity index (χ2n) is 7.09. The fourth-order valence-corrected chi connectivity index (χ4v) is 3.45. The van der Waals surface area contributed by atoms with E-state index < -0.39 is 15.8 Å². The lowest BCUT2D eigenvalue weighted by Gasteiger charge is -2.12. The van der Waals surface area contributed by atoms with Crippen molar-refractivity contribution >= 4 is 39.4 Å². The van der Waals surface area contributed by atoms with E-state index >= 15 is 0 Å². The van der Waals surface area contributed by atoms with E-state index in [1.165, 1.54) is 43.7 Å². The molecule has 0 fully saturated rings. The van der Waals surface area contributed by atoms with E-state index in [2.05, 4.69) is 26.5 Å². The van der Waals surface area contributed by atoms with Crippen molar-refractivity contribution in [1.29, 1.82) is 0 Å². The molecule has 12 heteroatoms. The van der Waals surface area contributed by atoms with Gasteiger partial charge in [-0.05, 0) is 45.8 Å². The average Bonchev–Trinajstić information content (AvgIpc) is 2.84. The molecule has 3 aromatic rings. The minimum atomic E-state index is -0.541. The summed E-state index contributed by atoms with van der Waals surface area (Å²) in [5.74, 6) is 0.319. The van der Waals surface area contributed by atoms with Gasteiger partial charge in [-0.25, -0.2) is 5.43 Å². The van der Waals surface area contributed by atoms with E-state index in [0.717, 1.165) is 5.56 Å². The van der Waals surface area contributed by atoms with Gasteiger partial charge >= 0.3 is 0 Å². The van der Waals surface area contributed by atoms with Crippen LogP contribution in [0.25, 0.3) is 0 Å². The van der Waals surface area contributed by atoms with Crippen molar-refractivity contribution in [3.63, 3.8) is 0 Å². The summed E-state index contributed by atoms with van der Waals surface area (Å²) in [4.78, 5) is 33.0. The van der Waals surface area contributed by atoms with Gasteiger partial charge < -0.3 is 9.47 Å². The van der Waals surface area contributed by atoms with Crippen LogP contribution in [0.4, 0.5) is 11.4 Å². The van der Waals surface area contributed by atoms with Crippen molar-refractivity contribution in [2.24, 2.45) is 5.10 Å². The number of methoxy groups -OCH3 is 1. The molecule has 180 valence electrons. The Labute approximate surface area is 207 Å². The third-order valence-electron chi connectivity index (χ3n) is 4.76. The number of hydrogen-bond donors (Lipinski definition) is 1. The highest BCUT2D eigenvalue weighted by atomic mass is 79.9. The topological polar surface area (TPSA) is 146 Å². The van der Waals surface area contributed by atoms with E-state index in [4.69, 9.17) is 9.47 Å². The second-order valence-corrected chi connectivity index (χ2v) is 7.95. The molecule has 3 rings (SSSR count). The summed E-state index contributed by atoms with van der Waals surface area (Å²) in [6, 6.07) is 15.3. The number of non-ortho nitro benzene ring substituents is 1. The quantitative estimate of drug-likeness (QED) is 0.224. The summed E-state index contributed by atoms with van der Waals surface area (Å²) in [5.41, 5.74) is 3.80. The Hall–Kier alpha value is -4.32. The molecule has 1 N–H and O–H groups in total. The van der Waals surface area contributed by atoms with Crippen molar-refractivity contribution in [2.45, 2.75) is 13.0 Å².